The summed E-state index contributed by atoms with van der Waals surface area (Å²) in [4.78, 5) is 23.8. The fourth-order valence-corrected chi connectivity index (χ4v) is 4.14. The van der Waals surface area contributed by atoms with Crippen LogP contribution in [0.1, 0.15) is 124 Å². The molecule has 0 aromatic carbocycles. The first kappa shape index (κ1) is 41.3. The fourth-order valence-electron chi connectivity index (χ4n) is 4.14. The summed E-state index contributed by atoms with van der Waals surface area (Å²) in [6.45, 7) is 6.21. The van der Waals surface area contributed by atoms with Gasteiger partial charge < -0.3 is 19.7 Å². The van der Waals surface area contributed by atoms with Gasteiger partial charge in [-0.15, -0.1) is 0 Å². The Labute approximate surface area is 268 Å². The quantitative estimate of drug-likeness (QED) is 0.0395. The van der Waals surface area contributed by atoms with E-state index in [1.807, 2.05) is 12.2 Å². The number of rotatable bonds is 28. The highest BCUT2D eigenvalue weighted by molar-refractivity contribution is 5.69. The molecule has 0 saturated heterocycles. The lowest BCUT2D eigenvalue weighted by molar-refractivity contribution is -0.152. The zero-order valence-corrected chi connectivity index (χ0v) is 27.9. The maximum atomic E-state index is 11.9. The normalized spacial score (nSPS) is 14.0. The second-order valence-corrected chi connectivity index (χ2v) is 11.6. The highest BCUT2D eigenvalue weighted by Crippen LogP contribution is 2.13. The highest BCUT2D eigenvalue weighted by Gasteiger charge is 2.13. The van der Waals surface area contributed by atoms with Crippen LogP contribution in [0.3, 0.4) is 0 Å². The summed E-state index contributed by atoms with van der Waals surface area (Å²) in [5.74, 6) is -0.0727. The van der Waals surface area contributed by atoms with Crippen LogP contribution >= 0.6 is 0 Å². The molecule has 0 radical (unpaired) electrons. The number of unbranched alkanes of at least 4 members (excludes halogenated alkanes) is 6. The van der Waals surface area contributed by atoms with Crippen molar-refractivity contribution in [3.05, 3.63) is 72.9 Å². The molecule has 44 heavy (non-hydrogen) atoms. The van der Waals surface area contributed by atoms with Gasteiger partial charge in [0.1, 0.15) is 19.3 Å². The number of allylic oxidation sites excluding steroid dienone is 11. The van der Waals surface area contributed by atoms with E-state index >= 15 is 0 Å². The standard InChI is InChI=1S/C38H62O6/c1-4-5-6-7-8-9-10-11-12-13-14-15-16-19-22-25-28-35(39)30-31-38(42)44-33-36(40)32-43-37(41)29-26-23-20-17-18-21-24-27-34(2)3/h5-6,8-9,11-12,14-15,19,22,25,28,34-36,39-40H,4,7,10,13,16-18,20-21,23-24,26-27,29-33H2,1-3H3/b6-5-,9-8-,12-11-,15-14-,22-19-,28-25-/t35?,36-/m0/s1. The molecule has 0 aromatic heterocycles. The van der Waals surface area contributed by atoms with Gasteiger partial charge in [-0.2, -0.15) is 0 Å². The van der Waals surface area contributed by atoms with E-state index in [0.717, 1.165) is 57.3 Å². The molecule has 0 aliphatic carbocycles. The topological polar surface area (TPSA) is 93.1 Å². The summed E-state index contributed by atoms with van der Waals surface area (Å²) in [5.41, 5.74) is 0. The third-order valence-corrected chi connectivity index (χ3v) is 6.75. The van der Waals surface area contributed by atoms with E-state index < -0.39 is 18.2 Å². The number of aliphatic hydroxyl groups excluding tert-OH is 2. The van der Waals surface area contributed by atoms with E-state index in [2.05, 4.69) is 69.4 Å². The van der Waals surface area contributed by atoms with Crippen molar-refractivity contribution in [2.45, 2.75) is 136 Å². The summed E-state index contributed by atoms with van der Waals surface area (Å²) in [5, 5.41) is 20.0. The zero-order chi connectivity index (χ0) is 32.5. The van der Waals surface area contributed by atoms with E-state index in [-0.39, 0.29) is 32.0 Å². The Morgan fingerprint density at radius 2 is 1.07 bits per heavy atom. The third kappa shape index (κ3) is 32.2. The van der Waals surface area contributed by atoms with Crippen LogP contribution in [0.2, 0.25) is 0 Å². The van der Waals surface area contributed by atoms with Gasteiger partial charge in [0.25, 0.3) is 0 Å². The van der Waals surface area contributed by atoms with Gasteiger partial charge in [0.2, 0.25) is 0 Å². The summed E-state index contributed by atoms with van der Waals surface area (Å²) >= 11 is 0. The number of esters is 2. The van der Waals surface area contributed by atoms with Crippen LogP contribution in [0.5, 0.6) is 0 Å². The predicted molar refractivity (Wildman–Crippen MR) is 183 cm³/mol. The summed E-state index contributed by atoms with van der Waals surface area (Å²) in [6.07, 6.45) is 37.3. The maximum absolute atomic E-state index is 11.9. The summed E-state index contributed by atoms with van der Waals surface area (Å²) in [7, 11) is 0. The molecule has 0 aromatic rings. The number of hydrogen-bond donors (Lipinski definition) is 2. The van der Waals surface area contributed by atoms with Gasteiger partial charge in [0, 0.05) is 12.8 Å². The number of ether oxygens (including phenoxy) is 2. The molecule has 0 saturated carbocycles. The largest absolute Gasteiger partial charge is 0.463 e. The van der Waals surface area contributed by atoms with Crippen molar-refractivity contribution in [1.82, 2.24) is 0 Å². The SMILES string of the molecule is CC/C=C\C/C=C\C/C=C\C/C=C\C/C=C\C=C/C(O)CCC(=O)OC[C@@H](O)COC(=O)CCCCCCCCCC(C)C. The lowest BCUT2D eigenvalue weighted by atomic mass is 10.0. The molecule has 2 atom stereocenters. The molecule has 0 fully saturated rings. The Morgan fingerprint density at radius 3 is 1.61 bits per heavy atom. The first-order chi connectivity index (χ1) is 21.3. The van der Waals surface area contributed by atoms with E-state index in [0.29, 0.717) is 6.42 Å². The van der Waals surface area contributed by atoms with Crippen LogP contribution < -0.4 is 0 Å². The summed E-state index contributed by atoms with van der Waals surface area (Å²) in [6, 6.07) is 0. The molecular weight excluding hydrogens is 552 g/mol. The van der Waals surface area contributed by atoms with E-state index in [4.69, 9.17) is 9.47 Å². The van der Waals surface area contributed by atoms with Gasteiger partial charge in [-0.25, -0.2) is 0 Å². The molecule has 0 aliphatic heterocycles. The molecule has 6 nitrogen and oxygen atoms in total. The molecule has 250 valence electrons. The highest BCUT2D eigenvalue weighted by atomic mass is 16.6. The average Bonchev–Trinajstić information content (AvgIpc) is 3.00. The van der Waals surface area contributed by atoms with E-state index in [1.165, 1.54) is 32.1 Å². The lowest BCUT2D eigenvalue weighted by Crippen LogP contribution is -2.25. The zero-order valence-electron chi connectivity index (χ0n) is 27.9. The molecule has 0 spiro atoms. The summed E-state index contributed by atoms with van der Waals surface area (Å²) < 4.78 is 10.1. The minimum Gasteiger partial charge on any atom is -0.463 e. The second-order valence-electron chi connectivity index (χ2n) is 11.6. The predicted octanol–water partition coefficient (Wildman–Crippen LogP) is 9.05. The molecule has 0 bridgehead atoms. The molecule has 0 amide bonds. The molecule has 1 unspecified atom stereocenters. The Morgan fingerprint density at radius 1 is 0.591 bits per heavy atom. The molecule has 2 N–H and O–H groups in total. The van der Waals surface area contributed by atoms with Crippen molar-refractivity contribution in [3.8, 4) is 0 Å². The number of carbonyl (C=O) groups excluding carboxylic acids is 2. The Kier molecular flexibility index (Phi) is 29.8. The second kappa shape index (κ2) is 31.7. The van der Waals surface area contributed by atoms with Crippen molar-refractivity contribution in [2.75, 3.05) is 13.2 Å². The number of hydrogen-bond acceptors (Lipinski definition) is 6. The van der Waals surface area contributed by atoms with Crippen LogP contribution in [0, 0.1) is 5.92 Å². The van der Waals surface area contributed by atoms with Crippen LogP contribution in [-0.2, 0) is 19.1 Å². The van der Waals surface area contributed by atoms with Crippen molar-refractivity contribution in [1.29, 1.82) is 0 Å². The van der Waals surface area contributed by atoms with Crippen molar-refractivity contribution in [2.24, 2.45) is 5.92 Å². The van der Waals surface area contributed by atoms with Crippen molar-refractivity contribution in [3.63, 3.8) is 0 Å². The van der Waals surface area contributed by atoms with Crippen LogP contribution in [0.15, 0.2) is 72.9 Å². The van der Waals surface area contributed by atoms with E-state index in [9.17, 15) is 19.8 Å². The fraction of sp³-hybridized carbons (Fsp3) is 0.632. The molecule has 0 heterocycles. The van der Waals surface area contributed by atoms with Crippen molar-refractivity contribution < 1.29 is 29.3 Å². The minimum atomic E-state index is -1.06. The Balaban J connectivity index is 3.77. The van der Waals surface area contributed by atoms with Gasteiger partial charge in [0.15, 0.2) is 0 Å². The van der Waals surface area contributed by atoms with Gasteiger partial charge in [-0.05, 0) is 50.9 Å². The van der Waals surface area contributed by atoms with Crippen LogP contribution in [-0.4, -0.2) is 47.6 Å². The van der Waals surface area contributed by atoms with Gasteiger partial charge in [-0.1, -0.05) is 139 Å². The van der Waals surface area contributed by atoms with Gasteiger partial charge in [0.05, 0.1) is 6.10 Å². The maximum Gasteiger partial charge on any atom is 0.305 e. The molecule has 0 rings (SSSR count). The lowest BCUT2D eigenvalue weighted by Gasteiger charge is -2.12. The van der Waals surface area contributed by atoms with Gasteiger partial charge >= 0.3 is 11.9 Å². The first-order valence-electron chi connectivity index (χ1n) is 17.0. The Hall–Kier alpha value is -2.70. The molecule has 6 heteroatoms. The molecule has 0 aliphatic rings. The van der Waals surface area contributed by atoms with Crippen LogP contribution in [0.4, 0.5) is 0 Å². The molecular formula is C38H62O6. The van der Waals surface area contributed by atoms with Crippen molar-refractivity contribution >= 4 is 11.9 Å². The van der Waals surface area contributed by atoms with Gasteiger partial charge in [-0.3, -0.25) is 9.59 Å². The smallest absolute Gasteiger partial charge is 0.305 e. The third-order valence-electron chi connectivity index (χ3n) is 6.75. The average molecular weight is 615 g/mol. The Bertz CT molecular complexity index is 865. The van der Waals surface area contributed by atoms with E-state index in [1.54, 1.807) is 12.2 Å². The van der Waals surface area contributed by atoms with Crippen LogP contribution in [0.25, 0.3) is 0 Å². The monoisotopic (exact) mass is 614 g/mol. The number of aliphatic hydroxyl groups is 2. The first-order valence-corrected chi connectivity index (χ1v) is 17.0. The minimum absolute atomic E-state index is 0.0292. The number of carbonyl (C=O) groups is 2.